The van der Waals surface area contributed by atoms with E-state index in [1.54, 1.807) is 16.7 Å². The van der Waals surface area contributed by atoms with Gasteiger partial charge in [0.1, 0.15) is 5.82 Å². The van der Waals surface area contributed by atoms with Crippen molar-refractivity contribution in [3.63, 3.8) is 0 Å². The first kappa shape index (κ1) is 15.6. The molecular weight excluding hydrogens is 284 g/mol. The largest absolute Gasteiger partial charge is 0.338 e. The average molecular weight is 304 g/mol. The molecule has 0 saturated heterocycles. The molecule has 0 saturated carbocycles. The molecule has 1 atom stereocenters. The molecule has 0 fully saturated rings. The van der Waals surface area contributed by atoms with Gasteiger partial charge in [0.2, 0.25) is 0 Å². The zero-order valence-electron chi connectivity index (χ0n) is 12.8. The second kappa shape index (κ2) is 6.76. The predicted octanol–water partition coefficient (Wildman–Crippen LogP) is 2.60. The van der Waals surface area contributed by atoms with Crippen molar-refractivity contribution in [1.29, 1.82) is 0 Å². The maximum Gasteiger partial charge on any atom is 0.253 e. The van der Waals surface area contributed by atoms with E-state index in [0.29, 0.717) is 11.4 Å². The maximum absolute atomic E-state index is 12.5. The van der Waals surface area contributed by atoms with Gasteiger partial charge >= 0.3 is 0 Å². The molecule has 0 radical (unpaired) electrons. The number of benzene rings is 1. The number of hydrogen-bond acceptors (Lipinski definition) is 4. The molecule has 112 valence electrons. The highest BCUT2D eigenvalue weighted by Gasteiger charge is 2.18. The van der Waals surface area contributed by atoms with E-state index in [2.05, 4.69) is 22.1 Å². The second-order valence-electron chi connectivity index (χ2n) is 5.05. The average Bonchev–Trinajstić information content (AvgIpc) is 2.92. The number of nitrogens with one attached hydrogen (secondary N) is 1. The number of aromatic amines is 1. The van der Waals surface area contributed by atoms with Crippen molar-refractivity contribution in [1.82, 2.24) is 20.1 Å². The number of thioether (sulfide) groups is 1. The van der Waals surface area contributed by atoms with E-state index in [1.165, 1.54) is 0 Å². The third kappa shape index (κ3) is 3.64. The van der Waals surface area contributed by atoms with E-state index < -0.39 is 0 Å². The van der Waals surface area contributed by atoms with Gasteiger partial charge in [-0.25, -0.2) is 4.98 Å². The quantitative estimate of drug-likeness (QED) is 0.922. The fraction of sp³-hybridized carbons (Fsp3) is 0.400. The number of rotatable bonds is 5. The van der Waals surface area contributed by atoms with Gasteiger partial charge in [-0.05, 0) is 32.2 Å². The van der Waals surface area contributed by atoms with Gasteiger partial charge in [-0.1, -0.05) is 12.1 Å². The molecule has 5 nitrogen and oxygen atoms in total. The van der Waals surface area contributed by atoms with Gasteiger partial charge in [0.25, 0.3) is 5.91 Å². The molecule has 0 aliphatic heterocycles. The van der Waals surface area contributed by atoms with Crippen molar-refractivity contribution < 1.29 is 4.79 Å². The minimum absolute atomic E-state index is 0.0191. The van der Waals surface area contributed by atoms with Crippen LogP contribution in [0.2, 0.25) is 0 Å². The molecule has 1 amide bonds. The summed E-state index contributed by atoms with van der Waals surface area (Å²) in [7, 11) is 1.84. The van der Waals surface area contributed by atoms with Crippen molar-refractivity contribution in [2.75, 3.05) is 19.1 Å². The van der Waals surface area contributed by atoms with Gasteiger partial charge in [0.05, 0.1) is 0 Å². The SMILES string of the molecule is CSC[C@H](C)N(C)C(=O)c1cccc(-c2n[nH]c(C)n2)c1. The molecule has 0 unspecified atom stereocenters. The normalized spacial score (nSPS) is 12.2. The van der Waals surface area contributed by atoms with Crippen LogP contribution in [0.1, 0.15) is 23.1 Å². The Kier molecular flexibility index (Phi) is 5.01. The first-order chi connectivity index (χ1) is 10.0. The van der Waals surface area contributed by atoms with Gasteiger partial charge < -0.3 is 4.90 Å². The Morgan fingerprint density at radius 3 is 2.86 bits per heavy atom. The van der Waals surface area contributed by atoms with Crippen molar-refractivity contribution in [3.05, 3.63) is 35.7 Å². The molecule has 1 aromatic heterocycles. The minimum Gasteiger partial charge on any atom is -0.338 e. The lowest BCUT2D eigenvalue weighted by atomic mass is 10.1. The van der Waals surface area contributed by atoms with Crippen LogP contribution in [-0.4, -0.2) is 51.1 Å². The molecule has 0 aliphatic carbocycles. The molecule has 2 aromatic rings. The van der Waals surface area contributed by atoms with Gasteiger partial charge in [-0.15, -0.1) is 0 Å². The lowest BCUT2D eigenvalue weighted by Crippen LogP contribution is -2.36. The monoisotopic (exact) mass is 304 g/mol. The summed E-state index contributed by atoms with van der Waals surface area (Å²) in [6.45, 7) is 3.90. The van der Waals surface area contributed by atoms with Crippen LogP contribution in [0.15, 0.2) is 24.3 Å². The number of amides is 1. The third-order valence-electron chi connectivity index (χ3n) is 3.35. The zero-order valence-corrected chi connectivity index (χ0v) is 13.6. The minimum atomic E-state index is 0.0191. The first-order valence-electron chi connectivity index (χ1n) is 6.78. The number of nitrogens with zero attached hydrogens (tertiary/aromatic N) is 3. The maximum atomic E-state index is 12.5. The van der Waals surface area contributed by atoms with Gasteiger partial charge in [-0.2, -0.15) is 16.9 Å². The summed E-state index contributed by atoms with van der Waals surface area (Å²) < 4.78 is 0. The fourth-order valence-corrected chi connectivity index (χ4v) is 2.73. The summed E-state index contributed by atoms with van der Waals surface area (Å²) in [6.07, 6.45) is 2.04. The van der Waals surface area contributed by atoms with Crippen LogP contribution >= 0.6 is 11.8 Å². The molecule has 6 heteroatoms. The number of carbonyl (C=O) groups is 1. The van der Waals surface area contributed by atoms with Crippen molar-refractivity contribution in [2.24, 2.45) is 0 Å². The molecule has 1 aromatic carbocycles. The topological polar surface area (TPSA) is 61.9 Å². The first-order valence-corrected chi connectivity index (χ1v) is 8.18. The Morgan fingerprint density at radius 1 is 1.48 bits per heavy atom. The zero-order chi connectivity index (χ0) is 15.4. The van der Waals surface area contributed by atoms with Crippen LogP contribution < -0.4 is 0 Å². The third-order valence-corrected chi connectivity index (χ3v) is 4.17. The Hall–Kier alpha value is -1.82. The van der Waals surface area contributed by atoms with Crippen LogP contribution in [0.5, 0.6) is 0 Å². The Morgan fingerprint density at radius 2 is 2.24 bits per heavy atom. The van der Waals surface area contributed by atoms with Crippen molar-refractivity contribution in [3.8, 4) is 11.4 Å². The molecular formula is C15H20N4OS. The molecule has 0 bridgehead atoms. The Labute approximate surface area is 129 Å². The number of H-pyrrole nitrogens is 1. The highest BCUT2D eigenvalue weighted by Crippen LogP contribution is 2.18. The highest BCUT2D eigenvalue weighted by molar-refractivity contribution is 7.98. The molecule has 0 spiro atoms. The summed E-state index contributed by atoms with van der Waals surface area (Å²) in [5.41, 5.74) is 1.50. The van der Waals surface area contributed by atoms with Crippen molar-refractivity contribution >= 4 is 17.7 Å². The number of aryl methyl sites for hydroxylation is 1. The Balaban J connectivity index is 2.23. The summed E-state index contributed by atoms with van der Waals surface area (Å²) in [5.74, 6) is 2.31. The highest BCUT2D eigenvalue weighted by atomic mass is 32.2. The van der Waals surface area contributed by atoms with Crippen LogP contribution in [0.25, 0.3) is 11.4 Å². The van der Waals surface area contributed by atoms with Gasteiger partial charge in [0.15, 0.2) is 5.82 Å². The number of hydrogen-bond donors (Lipinski definition) is 1. The predicted molar refractivity (Wildman–Crippen MR) is 86.5 cm³/mol. The van der Waals surface area contributed by atoms with Gasteiger partial charge in [0, 0.05) is 30.0 Å². The van der Waals surface area contributed by atoms with Crippen LogP contribution in [0.4, 0.5) is 0 Å². The molecule has 2 rings (SSSR count). The van der Waals surface area contributed by atoms with E-state index in [1.807, 2.05) is 44.5 Å². The van der Waals surface area contributed by atoms with E-state index in [0.717, 1.165) is 17.1 Å². The summed E-state index contributed by atoms with van der Waals surface area (Å²) >= 11 is 1.74. The Bertz CT molecular complexity index is 626. The summed E-state index contributed by atoms with van der Waals surface area (Å²) in [4.78, 5) is 18.6. The molecule has 0 aliphatic rings. The van der Waals surface area contributed by atoms with E-state index in [9.17, 15) is 4.79 Å². The lowest BCUT2D eigenvalue weighted by Gasteiger charge is -2.24. The number of aromatic nitrogens is 3. The second-order valence-corrected chi connectivity index (χ2v) is 5.96. The van der Waals surface area contributed by atoms with E-state index >= 15 is 0 Å². The summed E-state index contributed by atoms with van der Waals surface area (Å²) in [6, 6.07) is 7.63. The van der Waals surface area contributed by atoms with Crippen molar-refractivity contribution in [2.45, 2.75) is 19.9 Å². The van der Waals surface area contributed by atoms with Crippen LogP contribution in [-0.2, 0) is 0 Å². The van der Waals surface area contributed by atoms with Crippen LogP contribution in [0, 0.1) is 6.92 Å². The molecule has 1 heterocycles. The van der Waals surface area contributed by atoms with E-state index in [4.69, 9.17) is 0 Å². The van der Waals surface area contributed by atoms with Gasteiger partial charge in [-0.3, -0.25) is 9.89 Å². The lowest BCUT2D eigenvalue weighted by molar-refractivity contribution is 0.0757. The van der Waals surface area contributed by atoms with Crippen LogP contribution in [0.3, 0.4) is 0 Å². The number of carbonyl (C=O) groups excluding carboxylic acids is 1. The smallest absolute Gasteiger partial charge is 0.253 e. The molecule has 21 heavy (non-hydrogen) atoms. The molecule has 1 N–H and O–H groups in total. The fourth-order valence-electron chi connectivity index (χ4n) is 2.02. The standard InChI is InChI=1S/C15H20N4OS/c1-10(9-21-4)19(3)15(20)13-7-5-6-12(8-13)14-16-11(2)17-18-14/h5-8,10H,9H2,1-4H3,(H,16,17,18)/t10-/m0/s1. The summed E-state index contributed by atoms with van der Waals surface area (Å²) in [5, 5.41) is 6.95. The van der Waals surface area contributed by atoms with E-state index in [-0.39, 0.29) is 11.9 Å².